The Morgan fingerprint density at radius 2 is 1.52 bits per heavy atom. The number of carbonyl (C=O) groups excluding carboxylic acids is 1. The van der Waals surface area contributed by atoms with E-state index in [1.54, 1.807) is 0 Å². The van der Waals surface area contributed by atoms with Crippen LogP contribution in [0.15, 0.2) is 66.6 Å². The van der Waals surface area contributed by atoms with Gasteiger partial charge in [-0.05, 0) is 54.3 Å². The van der Waals surface area contributed by atoms with Gasteiger partial charge in [-0.15, -0.1) is 12.1 Å². The Hall–Kier alpha value is -3.01. The second-order valence-electron chi connectivity index (χ2n) is 11.7. The van der Waals surface area contributed by atoms with Crippen molar-refractivity contribution in [3.63, 3.8) is 0 Å². The predicted molar refractivity (Wildman–Crippen MR) is 172 cm³/mol. The molecule has 1 aromatic heterocycles. The SMILES string of the molecule is CCC(C)(CC)C(=O)C=C(O)C(C)(CC)CC.Cc1[c-]c(Oc2ncc(C)c3ccc4ccccc4c23)cc(C)c1.[Ir]. The number of carbonyl (C=O) groups is 1. The number of nitrogens with zero attached hydrogens (tertiary/aromatic N) is 1. The van der Waals surface area contributed by atoms with Crippen molar-refractivity contribution < 1.29 is 34.7 Å². The minimum absolute atomic E-state index is 0. The zero-order valence-corrected chi connectivity index (χ0v) is 29.0. The van der Waals surface area contributed by atoms with Gasteiger partial charge in [-0.1, -0.05) is 91.8 Å². The fraction of sp³-hybridized carbons (Fsp3) is 0.405. The molecule has 0 amide bonds. The molecule has 4 aromatic rings. The van der Waals surface area contributed by atoms with E-state index in [2.05, 4.69) is 67.4 Å². The van der Waals surface area contributed by atoms with Crippen LogP contribution in [0.4, 0.5) is 0 Å². The largest absolute Gasteiger partial charge is 0.512 e. The van der Waals surface area contributed by atoms with Gasteiger partial charge in [-0.25, -0.2) is 4.98 Å². The second-order valence-corrected chi connectivity index (χ2v) is 11.7. The summed E-state index contributed by atoms with van der Waals surface area (Å²) in [5, 5.41) is 14.7. The van der Waals surface area contributed by atoms with Gasteiger partial charge in [0.1, 0.15) is 5.76 Å². The molecule has 0 atom stereocenters. The summed E-state index contributed by atoms with van der Waals surface area (Å²) in [4.78, 5) is 16.7. The first-order valence-electron chi connectivity index (χ1n) is 14.8. The van der Waals surface area contributed by atoms with Crippen LogP contribution in [0.1, 0.15) is 83.9 Å². The van der Waals surface area contributed by atoms with Crippen LogP contribution in [-0.4, -0.2) is 15.9 Å². The number of fused-ring (bicyclic) bond motifs is 3. The summed E-state index contributed by atoms with van der Waals surface area (Å²) in [5.41, 5.74) is 2.76. The summed E-state index contributed by atoms with van der Waals surface area (Å²) in [7, 11) is 0. The second kappa shape index (κ2) is 14.9. The van der Waals surface area contributed by atoms with E-state index in [9.17, 15) is 9.90 Å². The molecule has 0 saturated carbocycles. The van der Waals surface area contributed by atoms with Crippen molar-refractivity contribution >= 4 is 27.3 Å². The van der Waals surface area contributed by atoms with Crippen molar-refractivity contribution in [1.29, 1.82) is 0 Å². The molecular weight excluding hydrogens is 699 g/mol. The van der Waals surface area contributed by atoms with Crippen LogP contribution in [0, 0.1) is 37.7 Å². The van der Waals surface area contributed by atoms with Crippen LogP contribution in [0.25, 0.3) is 21.5 Å². The Bertz CT molecular complexity index is 1530. The number of benzene rings is 3. The molecule has 0 aliphatic carbocycles. The van der Waals surface area contributed by atoms with E-state index in [0.717, 1.165) is 53.1 Å². The normalized spacial score (nSPS) is 12.0. The van der Waals surface area contributed by atoms with E-state index in [0.29, 0.717) is 11.6 Å². The average molecular weight is 745 g/mol. The average Bonchev–Trinajstić information content (AvgIpc) is 2.97. The number of allylic oxidation sites excluding steroid dienone is 2. The maximum Gasteiger partial charge on any atom is 0.225 e. The number of aryl methyl sites for hydroxylation is 3. The van der Waals surface area contributed by atoms with Crippen LogP contribution in [-0.2, 0) is 24.9 Å². The standard InChI is InChI=1S/C22H18NO.C15H28O2.Ir/c1-14-10-15(2)12-18(11-14)24-22-21-19(16(3)13-23-22)9-8-17-6-4-5-7-20(17)21;1-7-14(5,8-2)12(16)11-13(17)15(6,9-3)10-4;/h4-11,13H,1-3H3;11,16H,7-10H2,1-6H3;/q-1;;. The molecule has 5 heteroatoms. The summed E-state index contributed by atoms with van der Waals surface area (Å²) >= 11 is 0. The Kier molecular flexibility index (Phi) is 12.5. The molecule has 3 aromatic carbocycles. The van der Waals surface area contributed by atoms with Crippen molar-refractivity contribution in [3.8, 4) is 11.6 Å². The Morgan fingerprint density at radius 3 is 2.12 bits per heavy atom. The van der Waals surface area contributed by atoms with Gasteiger partial charge in [-0.2, -0.15) is 17.2 Å². The molecule has 0 spiro atoms. The number of ether oxygens (including phenoxy) is 1. The predicted octanol–water partition coefficient (Wildman–Crippen LogP) is 10.6. The van der Waals surface area contributed by atoms with Crippen LogP contribution in [0.3, 0.4) is 0 Å². The third kappa shape index (κ3) is 7.88. The zero-order valence-electron chi connectivity index (χ0n) is 26.6. The monoisotopic (exact) mass is 745 g/mol. The zero-order chi connectivity index (χ0) is 30.4. The Balaban J connectivity index is 0.000000307. The van der Waals surface area contributed by atoms with Crippen LogP contribution in [0.5, 0.6) is 11.6 Å². The summed E-state index contributed by atoms with van der Waals surface area (Å²) in [6.45, 7) is 18.2. The number of hydrogen-bond donors (Lipinski definition) is 1. The summed E-state index contributed by atoms with van der Waals surface area (Å²) in [6, 6.07) is 20.0. The molecule has 227 valence electrons. The molecule has 0 fully saturated rings. The quantitative estimate of drug-likeness (QED) is 0.0802. The van der Waals surface area contributed by atoms with Gasteiger partial charge in [0.15, 0.2) is 5.78 Å². The van der Waals surface area contributed by atoms with Gasteiger partial charge in [-0.3, -0.25) is 4.79 Å². The summed E-state index contributed by atoms with van der Waals surface area (Å²) < 4.78 is 6.15. The van der Waals surface area contributed by atoms with Crippen LogP contribution in [0.2, 0.25) is 0 Å². The molecule has 0 saturated heterocycles. The molecule has 0 aliphatic rings. The Morgan fingerprint density at radius 1 is 0.905 bits per heavy atom. The van der Waals surface area contributed by atoms with Crippen molar-refractivity contribution in [2.45, 2.75) is 88.0 Å². The van der Waals surface area contributed by atoms with E-state index in [4.69, 9.17) is 4.74 Å². The molecule has 0 unspecified atom stereocenters. The fourth-order valence-electron chi connectivity index (χ4n) is 4.90. The first kappa shape index (κ1) is 35.2. The maximum absolute atomic E-state index is 12.2. The Labute approximate surface area is 266 Å². The number of aliphatic hydroxyl groups is 1. The smallest absolute Gasteiger partial charge is 0.225 e. The first-order valence-corrected chi connectivity index (χ1v) is 14.8. The topological polar surface area (TPSA) is 59.4 Å². The number of hydrogen-bond acceptors (Lipinski definition) is 4. The van der Waals surface area contributed by atoms with E-state index in [-0.39, 0.29) is 42.5 Å². The molecule has 1 N–H and O–H groups in total. The first-order chi connectivity index (χ1) is 19.4. The molecule has 0 aliphatic heterocycles. The third-order valence-electron chi connectivity index (χ3n) is 8.88. The van der Waals surface area contributed by atoms with Gasteiger partial charge in [0.2, 0.25) is 5.88 Å². The van der Waals surface area contributed by atoms with Crippen molar-refractivity contribution in [3.05, 3.63) is 89.3 Å². The minimum atomic E-state index is -0.337. The van der Waals surface area contributed by atoms with Crippen LogP contribution >= 0.6 is 0 Å². The van der Waals surface area contributed by atoms with Gasteiger partial charge < -0.3 is 9.84 Å². The summed E-state index contributed by atoms with van der Waals surface area (Å²) in [6.07, 6.45) is 6.62. The minimum Gasteiger partial charge on any atom is -0.512 e. The fourth-order valence-corrected chi connectivity index (χ4v) is 4.90. The number of ketones is 1. The van der Waals surface area contributed by atoms with Gasteiger partial charge >= 0.3 is 0 Å². The molecule has 4 rings (SSSR count). The van der Waals surface area contributed by atoms with E-state index in [1.165, 1.54) is 16.8 Å². The maximum atomic E-state index is 12.2. The van der Waals surface area contributed by atoms with E-state index in [1.807, 2.05) is 60.7 Å². The molecule has 4 nitrogen and oxygen atoms in total. The van der Waals surface area contributed by atoms with E-state index < -0.39 is 0 Å². The molecule has 42 heavy (non-hydrogen) atoms. The van der Waals surface area contributed by atoms with Gasteiger partial charge in [0, 0.05) is 49.0 Å². The van der Waals surface area contributed by atoms with Crippen molar-refractivity contribution in [2.24, 2.45) is 10.8 Å². The molecule has 1 heterocycles. The van der Waals surface area contributed by atoms with Crippen molar-refractivity contribution in [2.75, 3.05) is 0 Å². The van der Waals surface area contributed by atoms with Gasteiger partial charge in [0.05, 0.1) is 5.39 Å². The number of rotatable bonds is 9. The molecule has 0 bridgehead atoms. The van der Waals surface area contributed by atoms with Crippen molar-refractivity contribution in [1.82, 2.24) is 4.98 Å². The third-order valence-corrected chi connectivity index (χ3v) is 8.88. The van der Waals surface area contributed by atoms with Crippen LogP contribution < -0.4 is 4.74 Å². The van der Waals surface area contributed by atoms with E-state index >= 15 is 0 Å². The van der Waals surface area contributed by atoms with Gasteiger partial charge in [0.25, 0.3) is 0 Å². The molecular formula is C37H46IrNO3-. The molecule has 1 radical (unpaired) electrons. The summed E-state index contributed by atoms with van der Waals surface area (Å²) in [5.74, 6) is 1.63. The number of aromatic nitrogens is 1. The number of aliphatic hydroxyl groups excluding tert-OH is 1. The number of pyridine rings is 1.